The summed E-state index contributed by atoms with van der Waals surface area (Å²) in [4.78, 5) is 32.7. The van der Waals surface area contributed by atoms with Gasteiger partial charge in [-0.1, -0.05) is 54.6 Å². The third-order valence-electron chi connectivity index (χ3n) is 8.68. The van der Waals surface area contributed by atoms with Gasteiger partial charge in [0.2, 0.25) is 0 Å². The largest absolute Gasteiger partial charge is 0.493 e. The fourth-order valence-corrected chi connectivity index (χ4v) is 6.38. The average Bonchev–Trinajstić information content (AvgIpc) is 3.53. The molecule has 8 nitrogen and oxygen atoms in total. The summed E-state index contributed by atoms with van der Waals surface area (Å²) in [5, 5.41) is 0. The molecule has 0 radical (unpaired) electrons. The summed E-state index contributed by atoms with van der Waals surface area (Å²) >= 11 is 0. The van der Waals surface area contributed by atoms with E-state index in [1.165, 1.54) is 0 Å². The number of nitrogens with zero attached hydrogens (tertiary/aromatic N) is 2. The molecule has 0 spiro atoms. The highest BCUT2D eigenvalue weighted by atomic mass is 16.5. The van der Waals surface area contributed by atoms with Crippen LogP contribution in [-0.4, -0.2) is 62.8 Å². The summed E-state index contributed by atoms with van der Waals surface area (Å²) in [5.41, 5.74) is 6.27. The average molecular weight is 615 g/mol. The number of ether oxygens (including phenoxy) is 4. The minimum Gasteiger partial charge on any atom is -0.493 e. The van der Waals surface area contributed by atoms with Crippen molar-refractivity contribution in [3.8, 4) is 23.0 Å². The Labute approximate surface area is 267 Å². The Morgan fingerprint density at radius 3 is 2.11 bits per heavy atom. The standard InChI is InChI=1S/C38H34N2O6/c1-43-34-20-24(19-30-26-10-3-5-12-28(26)37(41)29-13-6-4-11-27(29)30)14-15-33(34)45-17-8-18-46-36-22-32-31(21-35(36)44-2)38(42)40-16-7-9-25(40)23-39-32/h3-6,10-15,19-23,25H,7-9,16-18H2,1-2H3/t25-/m0/s1. The summed E-state index contributed by atoms with van der Waals surface area (Å²) < 4.78 is 23.4. The van der Waals surface area contributed by atoms with E-state index in [0.29, 0.717) is 65.0 Å². The lowest BCUT2D eigenvalue weighted by Crippen LogP contribution is -2.35. The molecule has 2 heterocycles. The third kappa shape index (κ3) is 5.40. The maximum absolute atomic E-state index is 13.1. The number of fused-ring (bicyclic) bond motifs is 4. The van der Waals surface area contributed by atoms with Gasteiger partial charge in [0.25, 0.3) is 5.91 Å². The number of aliphatic imine (C=N–C) groups is 1. The van der Waals surface area contributed by atoms with Crippen molar-refractivity contribution >= 4 is 35.2 Å². The Bertz CT molecular complexity index is 1840. The van der Waals surface area contributed by atoms with E-state index in [-0.39, 0.29) is 17.7 Å². The fraction of sp³-hybridized carbons (Fsp3) is 0.237. The summed E-state index contributed by atoms with van der Waals surface area (Å²) in [6.45, 7) is 1.53. The molecule has 0 aromatic heterocycles. The third-order valence-corrected chi connectivity index (χ3v) is 8.68. The van der Waals surface area contributed by atoms with Crippen LogP contribution in [0.15, 0.2) is 83.9 Å². The fourth-order valence-electron chi connectivity index (χ4n) is 6.38. The van der Waals surface area contributed by atoms with Crippen molar-refractivity contribution in [2.24, 2.45) is 4.99 Å². The van der Waals surface area contributed by atoms with Gasteiger partial charge in [0.1, 0.15) is 0 Å². The van der Waals surface area contributed by atoms with E-state index in [1.54, 1.807) is 26.4 Å². The van der Waals surface area contributed by atoms with Gasteiger partial charge in [-0.15, -0.1) is 0 Å². The first-order valence-electron chi connectivity index (χ1n) is 15.5. The van der Waals surface area contributed by atoms with Crippen molar-refractivity contribution in [2.75, 3.05) is 34.0 Å². The van der Waals surface area contributed by atoms with Gasteiger partial charge in [-0.3, -0.25) is 14.6 Å². The molecule has 7 rings (SSSR count). The monoisotopic (exact) mass is 614 g/mol. The molecule has 46 heavy (non-hydrogen) atoms. The van der Waals surface area contributed by atoms with Crippen LogP contribution in [0.5, 0.6) is 23.0 Å². The molecule has 1 atom stereocenters. The predicted molar refractivity (Wildman–Crippen MR) is 177 cm³/mol. The molecule has 1 saturated heterocycles. The lowest BCUT2D eigenvalue weighted by atomic mass is 9.81. The topological polar surface area (TPSA) is 86.7 Å². The summed E-state index contributed by atoms with van der Waals surface area (Å²) in [5.74, 6) is 2.29. The zero-order chi connectivity index (χ0) is 31.6. The molecule has 0 N–H and O–H groups in total. The van der Waals surface area contributed by atoms with Crippen molar-refractivity contribution < 1.29 is 28.5 Å². The smallest absolute Gasteiger partial charge is 0.256 e. The van der Waals surface area contributed by atoms with Gasteiger partial charge >= 0.3 is 0 Å². The minimum absolute atomic E-state index is 0.0205. The molecule has 0 bridgehead atoms. The molecule has 2 aliphatic heterocycles. The minimum atomic E-state index is -0.0205. The number of carbonyl (C=O) groups excluding carboxylic acids is 2. The Balaban J connectivity index is 1.03. The maximum atomic E-state index is 13.1. The van der Waals surface area contributed by atoms with E-state index in [1.807, 2.05) is 77.8 Å². The predicted octanol–water partition coefficient (Wildman–Crippen LogP) is 7.01. The molecule has 4 aromatic carbocycles. The van der Waals surface area contributed by atoms with E-state index in [2.05, 4.69) is 11.1 Å². The first kappa shape index (κ1) is 29.3. The van der Waals surface area contributed by atoms with Crippen LogP contribution >= 0.6 is 0 Å². The van der Waals surface area contributed by atoms with Crippen LogP contribution in [0.1, 0.15) is 62.2 Å². The molecule has 0 saturated carbocycles. The SMILES string of the molecule is COc1cc(C=C2c3ccccc3C(=O)c3ccccc32)ccc1OCCCOc1cc2c(cc1OC)C(=O)N1CCC[C@H]1C=N2. The molecule has 1 fully saturated rings. The Hall–Kier alpha value is -5.37. The van der Waals surface area contributed by atoms with Crippen molar-refractivity contribution in [2.45, 2.75) is 25.3 Å². The molecular formula is C38H34N2O6. The van der Waals surface area contributed by atoms with Crippen molar-refractivity contribution in [1.29, 1.82) is 0 Å². The van der Waals surface area contributed by atoms with Crippen LogP contribution in [-0.2, 0) is 0 Å². The van der Waals surface area contributed by atoms with E-state index < -0.39 is 0 Å². The zero-order valence-corrected chi connectivity index (χ0v) is 25.8. The number of ketones is 1. The van der Waals surface area contributed by atoms with Gasteiger partial charge in [0.15, 0.2) is 28.8 Å². The van der Waals surface area contributed by atoms with Gasteiger partial charge in [0, 0.05) is 36.4 Å². The van der Waals surface area contributed by atoms with Gasteiger partial charge in [-0.25, -0.2) is 0 Å². The van der Waals surface area contributed by atoms with Gasteiger partial charge in [-0.05, 0) is 59.4 Å². The number of methoxy groups -OCH3 is 2. The zero-order valence-electron chi connectivity index (χ0n) is 25.8. The number of hydrogen-bond acceptors (Lipinski definition) is 7. The molecular weight excluding hydrogens is 580 g/mol. The molecule has 1 aliphatic carbocycles. The summed E-state index contributed by atoms with van der Waals surface area (Å²) in [6, 6.07) is 24.8. The van der Waals surface area contributed by atoms with Crippen LogP contribution < -0.4 is 18.9 Å². The van der Waals surface area contributed by atoms with Gasteiger partial charge in [-0.2, -0.15) is 0 Å². The van der Waals surface area contributed by atoms with Crippen molar-refractivity contribution in [3.05, 3.63) is 112 Å². The number of amides is 1. The molecule has 4 aromatic rings. The number of hydrogen-bond donors (Lipinski definition) is 0. The number of benzene rings is 4. The highest BCUT2D eigenvalue weighted by Crippen LogP contribution is 2.40. The Kier molecular flexibility index (Phi) is 8.01. The van der Waals surface area contributed by atoms with Crippen LogP contribution in [0.2, 0.25) is 0 Å². The van der Waals surface area contributed by atoms with E-state index in [0.717, 1.165) is 41.6 Å². The quantitative estimate of drug-likeness (QED) is 0.166. The van der Waals surface area contributed by atoms with Crippen LogP contribution in [0.25, 0.3) is 11.6 Å². The van der Waals surface area contributed by atoms with Crippen molar-refractivity contribution in [3.63, 3.8) is 0 Å². The maximum Gasteiger partial charge on any atom is 0.256 e. The highest BCUT2D eigenvalue weighted by Gasteiger charge is 2.32. The first-order chi connectivity index (χ1) is 22.6. The van der Waals surface area contributed by atoms with Crippen molar-refractivity contribution in [1.82, 2.24) is 4.90 Å². The van der Waals surface area contributed by atoms with Crippen LogP contribution in [0.4, 0.5) is 5.69 Å². The Morgan fingerprint density at radius 1 is 0.761 bits per heavy atom. The first-order valence-corrected chi connectivity index (χ1v) is 15.5. The van der Waals surface area contributed by atoms with Gasteiger partial charge in [0.05, 0.1) is 44.7 Å². The molecule has 8 heteroatoms. The summed E-state index contributed by atoms with van der Waals surface area (Å²) in [6.07, 6.45) is 6.47. The second kappa shape index (κ2) is 12.6. The molecule has 1 amide bonds. The van der Waals surface area contributed by atoms with Crippen LogP contribution in [0.3, 0.4) is 0 Å². The second-order valence-corrected chi connectivity index (χ2v) is 11.4. The lowest BCUT2D eigenvalue weighted by molar-refractivity contribution is 0.0774. The highest BCUT2D eigenvalue weighted by molar-refractivity contribution is 6.20. The number of rotatable bonds is 9. The van der Waals surface area contributed by atoms with Gasteiger partial charge < -0.3 is 23.8 Å². The van der Waals surface area contributed by atoms with E-state index in [4.69, 9.17) is 18.9 Å². The molecule has 0 unspecified atom stereocenters. The van der Waals surface area contributed by atoms with Crippen LogP contribution in [0, 0.1) is 0 Å². The van der Waals surface area contributed by atoms with E-state index >= 15 is 0 Å². The lowest BCUT2D eigenvalue weighted by Gasteiger charge is -2.21. The molecule has 3 aliphatic rings. The van der Waals surface area contributed by atoms with E-state index in [9.17, 15) is 9.59 Å². The second-order valence-electron chi connectivity index (χ2n) is 11.4. The number of carbonyl (C=O) groups is 2. The normalized spacial score (nSPS) is 16.2. The summed E-state index contributed by atoms with van der Waals surface area (Å²) in [7, 11) is 3.19. The molecule has 232 valence electrons. The Morgan fingerprint density at radius 2 is 1.41 bits per heavy atom.